The van der Waals surface area contributed by atoms with E-state index in [1.807, 2.05) is 72.1 Å². The fourth-order valence-electron chi connectivity index (χ4n) is 2.58. The van der Waals surface area contributed by atoms with Crippen LogP contribution in [0.1, 0.15) is 15.9 Å². The number of aromatic nitrogens is 2. The van der Waals surface area contributed by atoms with E-state index in [0.717, 1.165) is 16.2 Å². The number of benzene rings is 2. The Hall–Kier alpha value is -3.71. The summed E-state index contributed by atoms with van der Waals surface area (Å²) in [7, 11) is 0. The highest BCUT2D eigenvalue weighted by Gasteiger charge is 2.15. The monoisotopic (exact) mass is 388 g/mol. The second-order valence-electron chi connectivity index (χ2n) is 5.82. The molecule has 7 heteroatoms. The number of hydrogen-bond acceptors (Lipinski definition) is 5. The molecule has 4 rings (SSSR count). The molecule has 2 N–H and O–H groups in total. The standard InChI is InChI=1S/C21H16N4O2S/c26-21(18-14-23-24-20(18)19-10-5-11-28-19)25-22-13-15-6-4-9-17(12-15)27-16-7-2-1-3-8-16/h1-14H,(H,23,24)(H,25,26)/b22-13-. The van der Waals surface area contributed by atoms with Crippen LogP contribution in [0.15, 0.2) is 83.4 Å². The van der Waals surface area contributed by atoms with Crippen molar-refractivity contribution in [2.75, 3.05) is 0 Å². The SMILES string of the molecule is O=C(N/N=C\c1cccc(Oc2ccccc2)c1)c1cn[nH]c1-c1cccs1. The maximum atomic E-state index is 12.4. The molecule has 0 atom stereocenters. The Morgan fingerprint density at radius 1 is 1.07 bits per heavy atom. The molecule has 0 fully saturated rings. The fraction of sp³-hybridized carbons (Fsp3) is 0. The van der Waals surface area contributed by atoms with Gasteiger partial charge in [-0.15, -0.1) is 11.3 Å². The molecule has 0 aliphatic rings. The number of aromatic amines is 1. The van der Waals surface area contributed by atoms with Crippen LogP contribution in [0, 0.1) is 0 Å². The number of rotatable bonds is 6. The maximum Gasteiger partial charge on any atom is 0.275 e. The molecule has 0 saturated heterocycles. The van der Waals surface area contributed by atoms with Gasteiger partial charge in [0, 0.05) is 0 Å². The summed E-state index contributed by atoms with van der Waals surface area (Å²) < 4.78 is 5.80. The number of carbonyl (C=O) groups is 1. The molecular formula is C21H16N4O2S. The highest BCUT2D eigenvalue weighted by atomic mass is 32.1. The van der Waals surface area contributed by atoms with Gasteiger partial charge in [-0.25, -0.2) is 5.43 Å². The van der Waals surface area contributed by atoms with E-state index >= 15 is 0 Å². The van der Waals surface area contributed by atoms with E-state index in [9.17, 15) is 4.79 Å². The number of nitrogens with zero attached hydrogens (tertiary/aromatic N) is 2. The summed E-state index contributed by atoms with van der Waals surface area (Å²) in [6, 6.07) is 20.8. The zero-order valence-electron chi connectivity index (χ0n) is 14.7. The highest BCUT2D eigenvalue weighted by Crippen LogP contribution is 2.25. The molecule has 0 spiro atoms. The van der Waals surface area contributed by atoms with Gasteiger partial charge in [-0.1, -0.05) is 36.4 Å². The van der Waals surface area contributed by atoms with Crippen LogP contribution in [0.5, 0.6) is 11.5 Å². The molecule has 6 nitrogen and oxygen atoms in total. The first-order chi connectivity index (χ1) is 13.8. The molecule has 1 amide bonds. The minimum Gasteiger partial charge on any atom is -0.457 e. The van der Waals surface area contributed by atoms with E-state index in [0.29, 0.717) is 17.0 Å². The molecule has 2 heterocycles. The van der Waals surface area contributed by atoms with Crippen molar-refractivity contribution in [3.8, 4) is 22.1 Å². The van der Waals surface area contributed by atoms with Gasteiger partial charge in [0.1, 0.15) is 11.5 Å². The Balaban J connectivity index is 1.42. The first kappa shape index (κ1) is 17.7. The average Bonchev–Trinajstić information content (AvgIpc) is 3.40. The van der Waals surface area contributed by atoms with Gasteiger partial charge >= 0.3 is 0 Å². The molecule has 0 bridgehead atoms. The zero-order chi connectivity index (χ0) is 19.2. The first-order valence-corrected chi connectivity index (χ1v) is 9.41. The molecular weight excluding hydrogens is 372 g/mol. The van der Waals surface area contributed by atoms with E-state index in [2.05, 4.69) is 20.7 Å². The summed E-state index contributed by atoms with van der Waals surface area (Å²) >= 11 is 1.53. The lowest BCUT2D eigenvalue weighted by Gasteiger charge is -2.05. The van der Waals surface area contributed by atoms with Crippen molar-refractivity contribution in [3.63, 3.8) is 0 Å². The molecule has 138 valence electrons. The van der Waals surface area contributed by atoms with Crippen LogP contribution in [0.25, 0.3) is 10.6 Å². The molecule has 0 radical (unpaired) electrons. The molecule has 0 saturated carbocycles. The Bertz CT molecular complexity index is 1090. The van der Waals surface area contributed by atoms with Crippen LogP contribution in [0.4, 0.5) is 0 Å². The smallest absolute Gasteiger partial charge is 0.275 e. The summed E-state index contributed by atoms with van der Waals surface area (Å²) in [5, 5.41) is 12.8. The first-order valence-electron chi connectivity index (χ1n) is 8.53. The molecule has 2 aromatic carbocycles. The van der Waals surface area contributed by atoms with Crippen LogP contribution in [0.3, 0.4) is 0 Å². The number of hydrazone groups is 1. The normalized spacial score (nSPS) is 10.9. The van der Waals surface area contributed by atoms with Gasteiger partial charge in [0.05, 0.1) is 28.5 Å². The van der Waals surface area contributed by atoms with E-state index in [1.165, 1.54) is 17.5 Å². The van der Waals surface area contributed by atoms with Gasteiger partial charge in [0.2, 0.25) is 0 Å². The number of para-hydroxylation sites is 1. The minimum absolute atomic E-state index is 0.329. The predicted octanol–water partition coefficient (Wildman–Crippen LogP) is 4.69. The number of H-pyrrole nitrogens is 1. The van der Waals surface area contributed by atoms with Gasteiger partial charge in [-0.3, -0.25) is 9.89 Å². The molecule has 0 aliphatic carbocycles. The number of hydrogen-bond donors (Lipinski definition) is 2. The van der Waals surface area contributed by atoms with Crippen LogP contribution in [-0.4, -0.2) is 22.3 Å². The summed E-state index contributed by atoms with van der Waals surface area (Å²) in [6.45, 7) is 0. The predicted molar refractivity (Wildman–Crippen MR) is 110 cm³/mol. The number of ether oxygens (including phenoxy) is 1. The molecule has 4 aromatic rings. The van der Waals surface area contributed by atoms with Crippen molar-refractivity contribution in [1.29, 1.82) is 0 Å². The molecule has 0 unspecified atom stereocenters. The van der Waals surface area contributed by atoms with Crippen LogP contribution in [-0.2, 0) is 0 Å². The Morgan fingerprint density at radius 2 is 1.93 bits per heavy atom. The number of thiophene rings is 1. The molecule has 0 aliphatic heterocycles. The maximum absolute atomic E-state index is 12.4. The van der Waals surface area contributed by atoms with E-state index in [4.69, 9.17) is 4.74 Å². The van der Waals surface area contributed by atoms with Crippen LogP contribution < -0.4 is 10.2 Å². The number of carbonyl (C=O) groups excluding carboxylic acids is 1. The van der Waals surface area contributed by atoms with Gasteiger partial charge < -0.3 is 4.74 Å². The van der Waals surface area contributed by atoms with Crippen LogP contribution >= 0.6 is 11.3 Å². The summed E-state index contributed by atoms with van der Waals surface area (Å²) in [4.78, 5) is 13.4. The number of nitrogens with one attached hydrogen (secondary N) is 2. The highest BCUT2D eigenvalue weighted by molar-refractivity contribution is 7.13. The lowest BCUT2D eigenvalue weighted by molar-refractivity contribution is 0.0956. The van der Waals surface area contributed by atoms with E-state index in [-0.39, 0.29) is 5.91 Å². The second-order valence-corrected chi connectivity index (χ2v) is 6.77. The van der Waals surface area contributed by atoms with E-state index in [1.54, 1.807) is 6.21 Å². The lowest BCUT2D eigenvalue weighted by Crippen LogP contribution is -2.17. The number of amides is 1. The van der Waals surface area contributed by atoms with Crippen LogP contribution in [0.2, 0.25) is 0 Å². The zero-order valence-corrected chi connectivity index (χ0v) is 15.5. The molecule has 28 heavy (non-hydrogen) atoms. The van der Waals surface area contributed by atoms with Crippen molar-refractivity contribution in [2.24, 2.45) is 5.10 Å². The van der Waals surface area contributed by atoms with Gasteiger partial charge in [0.15, 0.2) is 0 Å². The average molecular weight is 388 g/mol. The van der Waals surface area contributed by atoms with Gasteiger partial charge in [-0.05, 0) is 41.3 Å². The molecule has 2 aromatic heterocycles. The lowest BCUT2D eigenvalue weighted by atomic mass is 10.2. The second kappa shape index (κ2) is 8.32. The van der Waals surface area contributed by atoms with Gasteiger partial charge in [0.25, 0.3) is 5.91 Å². The summed E-state index contributed by atoms with van der Waals surface area (Å²) in [5.41, 5.74) is 4.47. The van der Waals surface area contributed by atoms with Crippen molar-refractivity contribution in [3.05, 3.63) is 89.4 Å². The Morgan fingerprint density at radius 3 is 2.75 bits per heavy atom. The van der Waals surface area contributed by atoms with Crippen molar-refractivity contribution in [2.45, 2.75) is 0 Å². The third-order valence-electron chi connectivity index (χ3n) is 3.87. The summed E-state index contributed by atoms with van der Waals surface area (Å²) in [6.07, 6.45) is 3.06. The third kappa shape index (κ3) is 4.16. The third-order valence-corrected chi connectivity index (χ3v) is 4.76. The van der Waals surface area contributed by atoms with Crippen molar-refractivity contribution in [1.82, 2.24) is 15.6 Å². The Labute approximate surface area is 165 Å². The topological polar surface area (TPSA) is 79.4 Å². The summed E-state index contributed by atoms with van der Waals surface area (Å²) in [5.74, 6) is 1.12. The van der Waals surface area contributed by atoms with Gasteiger partial charge in [-0.2, -0.15) is 10.2 Å². The van der Waals surface area contributed by atoms with Crippen molar-refractivity contribution >= 4 is 23.5 Å². The fourth-order valence-corrected chi connectivity index (χ4v) is 3.31. The van der Waals surface area contributed by atoms with E-state index < -0.39 is 0 Å². The van der Waals surface area contributed by atoms with Crippen molar-refractivity contribution < 1.29 is 9.53 Å². The Kier molecular flexibility index (Phi) is 5.26. The quantitative estimate of drug-likeness (QED) is 0.371. The minimum atomic E-state index is -0.329. The largest absolute Gasteiger partial charge is 0.457 e.